The van der Waals surface area contributed by atoms with E-state index in [2.05, 4.69) is 5.10 Å². The zero-order valence-electron chi connectivity index (χ0n) is 17.8. The number of carboxylic acid groups (broad SMARTS) is 1. The Kier molecular flexibility index (Phi) is 7.12. The van der Waals surface area contributed by atoms with Crippen molar-refractivity contribution in [1.82, 2.24) is 5.01 Å². The topological polar surface area (TPSA) is 97.7 Å². The number of carbonyl (C=O) groups is 2. The number of carboxylic acids is 1. The predicted molar refractivity (Wildman–Crippen MR) is 115 cm³/mol. The van der Waals surface area contributed by atoms with E-state index in [9.17, 15) is 9.59 Å². The second kappa shape index (κ2) is 9.97. The summed E-state index contributed by atoms with van der Waals surface area (Å²) in [5.41, 5.74) is 2.34. The molecule has 1 heterocycles. The van der Waals surface area contributed by atoms with Crippen molar-refractivity contribution in [1.29, 1.82) is 0 Å². The number of para-hydroxylation sites is 1. The minimum atomic E-state index is -0.928. The monoisotopic (exact) mass is 426 g/mol. The quantitative estimate of drug-likeness (QED) is 0.657. The van der Waals surface area contributed by atoms with Crippen LogP contribution in [0.15, 0.2) is 47.6 Å². The van der Waals surface area contributed by atoms with Crippen LogP contribution in [0.2, 0.25) is 0 Å². The molecule has 1 aliphatic rings. The number of benzene rings is 2. The van der Waals surface area contributed by atoms with E-state index in [1.54, 1.807) is 27.4 Å². The van der Waals surface area contributed by atoms with Crippen molar-refractivity contribution in [2.75, 3.05) is 21.3 Å². The number of hydrogen-bond donors (Lipinski definition) is 1. The molecule has 1 atom stereocenters. The highest BCUT2D eigenvalue weighted by molar-refractivity contribution is 6.03. The van der Waals surface area contributed by atoms with Crippen molar-refractivity contribution in [3.05, 3.63) is 53.6 Å². The van der Waals surface area contributed by atoms with Crippen LogP contribution in [0.5, 0.6) is 17.2 Å². The lowest BCUT2D eigenvalue weighted by atomic mass is 9.97. The molecular formula is C23H26N2O6. The summed E-state index contributed by atoms with van der Waals surface area (Å²) in [5, 5.41) is 15.0. The normalized spacial score (nSPS) is 15.4. The Bertz CT molecular complexity index is 966. The Morgan fingerprint density at radius 2 is 1.71 bits per heavy atom. The molecule has 8 heteroatoms. The van der Waals surface area contributed by atoms with Crippen LogP contribution >= 0.6 is 0 Å². The summed E-state index contributed by atoms with van der Waals surface area (Å²) in [5.74, 6) is 0.745. The fourth-order valence-electron chi connectivity index (χ4n) is 3.58. The van der Waals surface area contributed by atoms with Crippen LogP contribution in [-0.2, 0) is 9.59 Å². The molecule has 0 spiro atoms. The SMILES string of the molecule is COc1cc(OC)cc(C2=NN(C(=O)CCCC(=O)O)C(c3ccccc3OC)C2)c1. The summed E-state index contributed by atoms with van der Waals surface area (Å²) in [6, 6.07) is 12.6. The van der Waals surface area contributed by atoms with E-state index in [0.717, 1.165) is 11.1 Å². The fourth-order valence-corrected chi connectivity index (χ4v) is 3.58. The molecular weight excluding hydrogens is 400 g/mol. The van der Waals surface area contributed by atoms with Crippen LogP contribution in [0.3, 0.4) is 0 Å². The van der Waals surface area contributed by atoms with Gasteiger partial charge in [-0.25, -0.2) is 5.01 Å². The molecule has 0 aliphatic carbocycles. The number of hydrogen-bond acceptors (Lipinski definition) is 6. The smallest absolute Gasteiger partial charge is 0.303 e. The van der Waals surface area contributed by atoms with Crippen LogP contribution in [0.25, 0.3) is 0 Å². The molecule has 0 aromatic heterocycles. The number of nitrogens with zero attached hydrogens (tertiary/aromatic N) is 2. The highest BCUT2D eigenvalue weighted by Crippen LogP contribution is 2.38. The second-order valence-corrected chi connectivity index (χ2v) is 7.10. The number of amides is 1. The third-order valence-electron chi connectivity index (χ3n) is 5.13. The van der Waals surface area contributed by atoms with Gasteiger partial charge in [0.15, 0.2) is 0 Å². The molecule has 31 heavy (non-hydrogen) atoms. The van der Waals surface area contributed by atoms with Gasteiger partial charge in [-0.1, -0.05) is 18.2 Å². The summed E-state index contributed by atoms with van der Waals surface area (Å²) < 4.78 is 16.2. The van der Waals surface area contributed by atoms with Crippen molar-refractivity contribution in [3.8, 4) is 17.2 Å². The van der Waals surface area contributed by atoms with Gasteiger partial charge in [-0.3, -0.25) is 9.59 Å². The standard InChI is InChI=1S/C23H26N2O6/c1-29-16-11-15(12-17(13-16)30-2)19-14-20(18-7-4-5-8-21(18)31-3)25(24-19)22(26)9-6-10-23(27)28/h4-5,7-8,11-13,20H,6,9-10,14H2,1-3H3,(H,27,28). The highest BCUT2D eigenvalue weighted by atomic mass is 16.5. The predicted octanol–water partition coefficient (Wildman–Crippen LogP) is 3.65. The van der Waals surface area contributed by atoms with Gasteiger partial charge >= 0.3 is 5.97 Å². The fraction of sp³-hybridized carbons (Fsp3) is 0.348. The molecule has 0 saturated heterocycles. The lowest BCUT2D eigenvalue weighted by Gasteiger charge is -2.23. The van der Waals surface area contributed by atoms with Crippen molar-refractivity contribution in [2.24, 2.45) is 5.10 Å². The van der Waals surface area contributed by atoms with Crippen LogP contribution in [-0.4, -0.2) is 49.0 Å². The average molecular weight is 426 g/mol. The first kappa shape index (κ1) is 22.1. The number of ether oxygens (including phenoxy) is 3. The average Bonchev–Trinajstić information content (AvgIpc) is 3.23. The summed E-state index contributed by atoms with van der Waals surface area (Å²) in [4.78, 5) is 23.8. The van der Waals surface area contributed by atoms with E-state index in [1.165, 1.54) is 5.01 Å². The number of rotatable bonds is 9. The Morgan fingerprint density at radius 1 is 1.03 bits per heavy atom. The van der Waals surface area contributed by atoms with Gasteiger partial charge in [-0.15, -0.1) is 0 Å². The van der Waals surface area contributed by atoms with E-state index >= 15 is 0 Å². The first-order valence-electron chi connectivity index (χ1n) is 9.94. The van der Waals surface area contributed by atoms with Crippen molar-refractivity contribution in [3.63, 3.8) is 0 Å². The molecule has 1 unspecified atom stereocenters. The van der Waals surface area contributed by atoms with Gasteiger partial charge in [0.1, 0.15) is 17.2 Å². The van der Waals surface area contributed by atoms with Crippen LogP contribution in [0, 0.1) is 0 Å². The third-order valence-corrected chi connectivity index (χ3v) is 5.13. The Labute approximate surface area is 181 Å². The Hall–Kier alpha value is -3.55. The Morgan fingerprint density at radius 3 is 2.32 bits per heavy atom. The van der Waals surface area contributed by atoms with Crippen molar-refractivity contribution in [2.45, 2.75) is 31.7 Å². The van der Waals surface area contributed by atoms with Gasteiger partial charge in [0.25, 0.3) is 0 Å². The maximum atomic E-state index is 13.0. The van der Waals surface area contributed by atoms with Gasteiger partial charge in [-0.05, 0) is 24.6 Å². The van der Waals surface area contributed by atoms with Gasteiger partial charge in [0.2, 0.25) is 5.91 Å². The zero-order chi connectivity index (χ0) is 22.4. The lowest BCUT2D eigenvalue weighted by Crippen LogP contribution is -2.27. The van der Waals surface area contributed by atoms with E-state index < -0.39 is 5.97 Å². The van der Waals surface area contributed by atoms with E-state index in [4.69, 9.17) is 19.3 Å². The molecule has 164 valence electrons. The number of hydrazone groups is 1. The van der Waals surface area contributed by atoms with E-state index in [1.807, 2.05) is 36.4 Å². The molecule has 2 aromatic rings. The van der Waals surface area contributed by atoms with Gasteiger partial charge < -0.3 is 19.3 Å². The lowest BCUT2D eigenvalue weighted by molar-refractivity contribution is -0.137. The second-order valence-electron chi connectivity index (χ2n) is 7.10. The van der Waals surface area contributed by atoms with Crippen molar-refractivity contribution >= 4 is 17.6 Å². The summed E-state index contributed by atoms with van der Waals surface area (Å²) >= 11 is 0. The van der Waals surface area contributed by atoms with Gasteiger partial charge in [0.05, 0.1) is 33.1 Å². The Balaban J connectivity index is 1.96. The summed E-state index contributed by atoms with van der Waals surface area (Å²) in [6.07, 6.45) is 0.751. The summed E-state index contributed by atoms with van der Waals surface area (Å²) in [6.45, 7) is 0. The van der Waals surface area contributed by atoms with E-state index in [-0.39, 0.29) is 31.2 Å². The maximum absolute atomic E-state index is 13.0. The molecule has 0 fully saturated rings. The summed E-state index contributed by atoms with van der Waals surface area (Å²) in [7, 11) is 4.73. The molecule has 0 radical (unpaired) electrons. The van der Waals surface area contributed by atoms with Gasteiger partial charge in [-0.2, -0.15) is 5.10 Å². The molecule has 0 saturated carbocycles. The van der Waals surface area contributed by atoms with Gasteiger partial charge in [0, 0.05) is 36.5 Å². The number of methoxy groups -OCH3 is 3. The molecule has 8 nitrogen and oxygen atoms in total. The van der Waals surface area contributed by atoms with E-state index in [0.29, 0.717) is 29.4 Å². The first-order valence-corrected chi connectivity index (χ1v) is 9.94. The minimum absolute atomic E-state index is 0.0669. The third kappa shape index (κ3) is 5.14. The largest absolute Gasteiger partial charge is 0.497 e. The maximum Gasteiger partial charge on any atom is 0.303 e. The molecule has 3 rings (SSSR count). The van der Waals surface area contributed by atoms with Crippen molar-refractivity contribution < 1.29 is 28.9 Å². The molecule has 1 aliphatic heterocycles. The molecule has 1 N–H and O–H groups in total. The number of aliphatic carboxylic acids is 1. The molecule has 0 bridgehead atoms. The van der Waals surface area contributed by atoms with Crippen LogP contribution < -0.4 is 14.2 Å². The van der Waals surface area contributed by atoms with Crippen LogP contribution in [0.1, 0.15) is 42.9 Å². The highest BCUT2D eigenvalue weighted by Gasteiger charge is 2.34. The first-order chi connectivity index (χ1) is 15.0. The minimum Gasteiger partial charge on any atom is -0.497 e. The molecule has 1 amide bonds. The number of carbonyl (C=O) groups excluding carboxylic acids is 1. The van der Waals surface area contributed by atoms with Crippen LogP contribution in [0.4, 0.5) is 0 Å². The molecule has 2 aromatic carbocycles. The zero-order valence-corrected chi connectivity index (χ0v) is 17.8.